The van der Waals surface area contributed by atoms with Crippen LogP contribution in [-0.4, -0.2) is 21.4 Å². The van der Waals surface area contributed by atoms with E-state index in [9.17, 15) is 0 Å². The highest BCUT2D eigenvalue weighted by atomic mass is 32.1. The molecule has 0 bridgehead atoms. The van der Waals surface area contributed by atoms with Crippen molar-refractivity contribution in [2.24, 2.45) is 0 Å². The molecule has 29 heavy (non-hydrogen) atoms. The smallest absolute Gasteiger partial charge is 0.231 e. The van der Waals surface area contributed by atoms with E-state index in [4.69, 9.17) is 14.6 Å². The first-order valence-electron chi connectivity index (χ1n) is 9.30. The van der Waals surface area contributed by atoms with E-state index >= 15 is 0 Å². The van der Waals surface area contributed by atoms with Gasteiger partial charge in [-0.2, -0.15) is 0 Å². The Morgan fingerprint density at radius 2 is 1.86 bits per heavy atom. The van der Waals surface area contributed by atoms with Crippen molar-refractivity contribution in [3.05, 3.63) is 72.4 Å². The van der Waals surface area contributed by atoms with Crippen molar-refractivity contribution in [2.75, 3.05) is 12.1 Å². The van der Waals surface area contributed by atoms with E-state index < -0.39 is 0 Å². The molecule has 0 saturated carbocycles. The number of hydrogen-bond acceptors (Lipinski definition) is 6. The van der Waals surface area contributed by atoms with Crippen molar-refractivity contribution < 1.29 is 9.47 Å². The summed E-state index contributed by atoms with van der Waals surface area (Å²) in [5.41, 5.74) is 3.19. The summed E-state index contributed by atoms with van der Waals surface area (Å²) >= 11 is 1.53. The fraction of sp³-hybridized carbons (Fsp3) is 0.0909. The topological polar surface area (TPSA) is 60.7 Å². The first kappa shape index (κ1) is 16.4. The van der Waals surface area contributed by atoms with Crippen LogP contribution in [0.15, 0.2) is 66.9 Å². The number of fused-ring (bicyclic) bond motifs is 3. The summed E-state index contributed by atoms with van der Waals surface area (Å²) in [6.07, 6.45) is 1.88. The second-order valence-electron chi connectivity index (χ2n) is 6.85. The van der Waals surface area contributed by atoms with Crippen LogP contribution in [0.2, 0.25) is 0 Å². The van der Waals surface area contributed by atoms with Crippen LogP contribution in [0.4, 0.5) is 5.13 Å². The summed E-state index contributed by atoms with van der Waals surface area (Å²) in [6, 6.07) is 20.7. The molecule has 0 fully saturated rings. The largest absolute Gasteiger partial charge is 0.454 e. The van der Waals surface area contributed by atoms with Gasteiger partial charge < -0.3 is 14.8 Å². The van der Waals surface area contributed by atoms with Crippen LogP contribution in [0.1, 0.15) is 5.56 Å². The van der Waals surface area contributed by atoms with Gasteiger partial charge in [0.25, 0.3) is 0 Å². The Morgan fingerprint density at radius 1 is 0.966 bits per heavy atom. The molecule has 3 heterocycles. The van der Waals surface area contributed by atoms with Crippen LogP contribution >= 0.6 is 11.3 Å². The lowest BCUT2D eigenvalue weighted by Crippen LogP contribution is -2.00. The molecular weight excluding hydrogens is 384 g/mol. The summed E-state index contributed by atoms with van der Waals surface area (Å²) < 4.78 is 12.7. The highest BCUT2D eigenvalue weighted by Crippen LogP contribution is 2.33. The van der Waals surface area contributed by atoms with Gasteiger partial charge in [-0.25, -0.2) is 9.50 Å². The number of anilines is 1. The molecule has 1 aliphatic rings. The van der Waals surface area contributed by atoms with Crippen LogP contribution < -0.4 is 14.8 Å². The average molecular weight is 400 g/mol. The Morgan fingerprint density at radius 3 is 2.83 bits per heavy atom. The van der Waals surface area contributed by atoms with Gasteiger partial charge >= 0.3 is 0 Å². The normalized spacial score (nSPS) is 12.7. The summed E-state index contributed by atoms with van der Waals surface area (Å²) in [5, 5.41) is 11.4. The molecule has 3 aromatic carbocycles. The molecule has 0 spiro atoms. The standard InChI is InChI=1S/C22H16N4O2S/c1-2-4-16-10-17(7-6-15(16)3-1)18-12-24-22-26(18)25-21(29-22)23-11-14-5-8-19-20(9-14)28-13-27-19/h1-10,12H,11,13H2,(H,23,25). The third-order valence-corrected chi connectivity index (χ3v) is 5.89. The third-order valence-electron chi connectivity index (χ3n) is 5.01. The van der Waals surface area contributed by atoms with Gasteiger partial charge in [0.1, 0.15) is 0 Å². The first-order chi connectivity index (χ1) is 14.3. The van der Waals surface area contributed by atoms with E-state index in [0.717, 1.165) is 38.4 Å². The monoisotopic (exact) mass is 400 g/mol. The van der Waals surface area contributed by atoms with Crippen LogP contribution in [0, 0.1) is 0 Å². The maximum atomic E-state index is 5.44. The Balaban J connectivity index is 1.28. The van der Waals surface area contributed by atoms with Gasteiger partial charge in [0, 0.05) is 12.1 Å². The van der Waals surface area contributed by atoms with Crippen molar-refractivity contribution in [3.8, 4) is 22.8 Å². The van der Waals surface area contributed by atoms with Gasteiger partial charge in [0.2, 0.25) is 16.9 Å². The average Bonchev–Trinajstić information content (AvgIpc) is 3.47. The van der Waals surface area contributed by atoms with Gasteiger partial charge in [-0.15, -0.1) is 5.10 Å². The van der Waals surface area contributed by atoms with E-state index in [1.54, 1.807) is 0 Å². The number of benzene rings is 3. The number of ether oxygens (including phenoxy) is 2. The van der Waals surface area contributed by atoms with Crippen molar-refractivity contribution in [1.82, 2.24) is 14.6 Å². The Bertz CT molecular complexity index is 1360. The summed E-state index contributed by atoms with van der Waals surface area (Å²) in [7, 11) is 0. The predicted octanol–water partition coefficient (Wildman–Crippen LogP) is 4.95. The minimum Gasteiger partial charge on any atom is -0.454 e. The molecule has 6 nitrogen and oxygen atoms in total. The van der Waals surface area contributed by atoms with Crippen LogP contribution in [0.3, 0.4) is 0 Å². The fourth-order valence-corrected chi connectivity index (χ4v) is 4.31. The van der Waals surface area contributed by atoms with Gasteiger partial charge in [-0.1, -0.05) is 53.8 Å². The summed E-state index contributed by atoms with van der Waals surface area (Å²) in [6.45, 7) is 0.937. The number of imidazole rings is 1. The zero-order valence-corrected chi connectivity index (χ0v) is 16.1. The van der Waals surface area contributed by atoms with Gasteiger partial charge in [0.15, 0.2) is 11.5 Å². The van der Waals surface area contributed by atoms with E-state index in [0.29, 0.717) is 6.54 Å². The Kier molecular flexibility index (Phi) is 3.67. The number of nitrogens with one attached hydrogen (secondary N) is 1. The number of rotatable bonds is 4. The summed E-state index contributed by atoms with van der Waals surface area (Å²) in [5.74, 6) is 1.58. The van der Waals surface area contributed by atoms with Crippen molar-refractivity contribution in [1.29, 1.82) is 0 Å². The number of hydrogen-bond donors (Lipinski definition) is 1. The lowest BCUT2D eigenvalue weighted by molar-refractivity contribution is 0.174. The fourth-order valence-electron chi connectivity index (χ4n) is 3.54. The van der Waals surface area contributed by atoms with Gasteiger partial charge in [-0.05, 0) is 34.5 Å². The Hall–Kier alpha value is -3.58. The van der Waals surface area contributed by atoms with Crippen LogP contribution in [0.25, 0.3) is 27.0 Å². The second-order valence-corrected chi connectivity index (χ2v) is 7.80. The van der Waals surface area contributed by atoms with E-state index in [1.165, 1.54) is 22.1 Å². The molecule has 7 heteroatoms. The highest BCUT2D eigenvalue weighted by Gasteiger charge is 2.14. The molecule has 2 aromatic heterocycles. The van der Waals surface area contributed by atoms with Crippen LogP contribution in [0.5, 0.6) is 11.5 Å². The predicted molar refractivity (Wildman–Crippen MR) is 114 cm³/mol. The molecule has 0 atom stereocenters. The molecule has 1 aliphatic heterocycles. The summed E-state index contributed by atoms with van der Waals surface area (Å²) in [4.78, 5) is 5.40. The molecule has 6 rings (SSSR count). The zero-order valence-electron chi connectivity index (χ0n) is 15.3. The lowest BCUT2D eigenvalue weighted by Gasteiger charge is -2.04. The zero-order chi connectivity index (χ0) is 19.2. The van der Waals surface area contributed by atoms with Crippen LogP contribution in [-0.2, 0) is 6.54 Å². The first-order valence-corrected chi connectivity index (χ1v) is 10.1. The highest BCUT2D eigenvalue weighted by molar-refractivity contribution is 7.20. The molecule has 0 aliphatic carbocycles. The molecule has 142 valence electrons. The molecule has 0 saturated heterocycles. The third kappa shape index (κ3) is 2.87. The SMILES string of the molecule is c1ccc2cc(-c3cnc4sc(NCc5ccc6c(c5)OCO6)nn34)ccc2c1. The maximum Gasteiger partial charge on any atom is 0.231 e. The maximum absolute atomic E-state index is 5.44. The van der Waals surface area contributed by atoms with E-state index in [-0.39, 0.29) is 6.79 Å². The minimum atomic E-state index is 0.285. The van der Waals surface area contributed by atoms with Crippen molar-refractivity contribution >= 4 is 32.2 Å². The molecule has 1 N–H and O–H groups in total. The van der Waals surface area contributed by atoms with Gasteiger partial charge in [-0.3, -0.25) is 0 Å². The molecule has 0 radical (unpaired) electrons. The molecule has 0 unspecified atom stereocenters. The van der Waals surface area contributed by atoms with E-state index in [2.05, 4.69) is 52.8 Å². The molecule has 5 aromatic rings. The van der Waals surface area contributed by atoms with E-state index in [1.807, 2.05) is 28.9 Å². The second kappa shape index (κ2) is 6.49. The minimum absolute atomic E-state index is 0.285. The van der Waals surface area contributed by atoms with Crippen molar-refractivity contribution in [3.63, 3.8) is 0 Å². The molecule has 0 amide bonds. The number of nitrogens with zero attached hydrogens (tertiary/aromatic N) is 3. The quantitative estimate of drug-likeness (QED) is 0.462. The number of aromatic nitrogens is 3. The Labute approximate surface area is 170 Å². The van der Waals surface area contributed by atoms with Gasteiger partial charge in [0.05, 0.1) is 11.9 Å². The van der Waals surface area contributed by atoms with Crippen molar-refractivity contribution in [2.45, 2.75) is 6.54 Å². The molecular formula is C22H16N4O2S. The lowest BCUT2D eigenvalue weighted by atomic mass is 10.1.